The number of aromatic carboxylic acids is 1. The van der Waals surface area contributed by atoms with Gasteiger partial charge in [0.1, 0.15) is 10.9 Å². The molecule has 0 aliphatic carbocycles. The minimum atomic E-state index is -1.08. The van der Waals surface area contributed by atoms with Gasteiger partial charge in [-0.25, -0.2) is 4.79 Å². The normalized spacial score (nSPS) is 9.33. The second-order valence-corrected chi connectivity index (χ2v) is 3.42. The summed E-state index contributed by atoms with van der Waals surface area (Å²) in [7, 11) is 0. The van der Waals surface area contributed by atoms with Crippen molar-refractivity contribution in [1.29, 1.82) is 5.26 Å². The van der Waals surface area contributed by atoms with Gasteiger partial charge in [0, 0.05) is 4.88 Å². The summed E-state index contributed by atoms with van der Waals surface area (Å²) in [5.41, 5.74) is 5.77. The lowest BCUT2D eigenvalue weighted by Gasteiger charge is -1.89. The largest absolute Gasteiger partial charge is 0.477 e. The average molecular weight is 182 g/mol. The molecule has 0 saturated heterocycles. The van der Waals surface area contributed by atoms with Gasteiger partial charge in [-0.1, -0.05) is 0 Å². The summed E-state index contributed by atoms with van der Waals surface area (Å²) in [5, 5.41) is 17.2. The number of nitrogen functional groups attached to an aromatic ring is 1. The summed E-state index contributed by atoms with van der Waals surface area (Å²) in [6.07, 6.45) is 0. The SMILES string of the molecule is Cc1sc(C(=O)O)c(N)c1C#N. The molecule has 0 fully saturated rings. The fourth-order valence-corrected chi connectivity index (χ4v) is 1.72. The lowest BCUT2D eigenvalue weighted by molar-refractivity contribution is 0.0703. The van der Waals surface area contributed by atoms with E-state index in [-0.39, 0.29) is 16.1 Å². The monoisotopic (exact) mass is 182 g/mol. The van der Waals surface area contributed by atoms with Gasteiger partial charge < -0.3 is 10.8 Å². The first kappa shape index (κ1) is 8.56. The molecule has 0 radical (unpaired) electrons. The van der Waals surface area contributed by atoms with Gasteiger partial charge >= 0.3 is 5.97 Å². The number of carboxylic acid groups (broad SMARTS) is 1. The lowest BCUT2D eigenvalue weighted by atomic mass is 10.2. The van der Waals surface area contributed by atoms with Gasteiger partial charge in [0.25, 0.3) is 0 Å². The molecule has 0 atom stereocenters. The van der Waals surface area contributed by atoms with Crippen LogP contribution >= 0.6 is 11.3 Å². The predicted molar refractivity (Wildman–Crippen MR) is 45.1 cm³/mol. The van der Waals surface area contributed by atoms with E-state index in [1.807, 2.05) is 6.07 Å². The smallest absolute Gasteiger partial charge is 0.348 e. The summed E-state index contributed by atoms with van der Waals surface area (Å²) >= 11 is 1.03. The second-order valence-electron chi connectivity index (χ2n) is 2.19. The number of carbonyl (C=O) groups is 1. The van der Waals surface area contributed by atoms with Crippen LogP contribution in [0.5, 0.6) is 0 Å². The highest BCUT2D eigenvalue weighted by molar-refractivity contribution is 7.14. The second kappa shape index (κ2) is 2.83. The van der Waals surface area contributed by atoms with Crippen molar-refractivity contribution in [2.45, 2.75) is 6.92 Å². The van der Waals surface area contributed by atoms with E-state index in [1.165, 1.54) is 0 Å². The minimum Gasteiger partial charge on any atom is -0.477 e. The first-order chi connectivity index (χ1) is 5.57. The number of carboxylic acids is 1. The molecule has 0 aromatic carbocycles. The van der Waals surface area contributed by atoms with Crippen LogP contribution in [0, 0.1) is 18.3 Å². The van der Waals surface area contributed by atoms with Crippen molar-refractivity contribution >= 4 is 23.0 Å². The third-order valence-corrected chi connectivity index (χ3v) is 2.54. The first-order valence-corrected chi connectivity index (χ1v) is 3.91. The summed E-state index contributed by atoms with van der Waals surface area (Å²) in [6.45, 7) is 1.67. The Morgan fingerprint density at radius 2 is 2.33 bits per heavy atom. The lowest BCUT2D eigenvalue weighted by Crippen LogP contribution is -1.98. The number of hydrogen-bond donors (Lipinski definition) is 2. The van der Waals surface area contributed by atoms with Gasteiger partial charge in [-0.3, -0.25) is 0 Å². The molecule has 1 rings (SSSR count). The summed E-state index contributed by atoms with van der Waals surface area (Å²) in [4.78, 5) is 11.2. The molecule has 12 heavy (non-hydrogen) atoms. The van der Waals surface area contributed by atoms with Crippen molar-refractivity contribution in [3.05, 3.63) is 15.3 Å². The molecule has 4 nitrogen and oxygen atoms in total. The van der Waals surface area contributed by atoms with E-state index < -0.39 is 5.97 Å². The molecule has 0 aliphatic heterocycles. The van der Waals surface area contributed by atoms with E-state index in [0.717, 1.165) is 11.3 Å². The van der Waals surface area contributed by atoms with Crippen LogP contribution in [0.4, 0.5) is 5.69 Å². The molecule has 0 amide bonds. The zero-order valence-corrected chi connectivity index (χ0v) is 7.10. The van der Waals surface area contributed by atoms with Crippen molar-refractivity contribution in [1.82, 2.24) is 0 Å². The minimum absolute atomic E-state index is 0.0454. The Balaban J connectivity index is 3.39. The van der Waals surface area contributed by atoms with Crippen molar-refractivity contribution in [2.75, 3.05) is 5.73 Å². The molecular formula is C7H6N2O2S. The van der Waals surface area contributed by atoms with Crippen LogP contribution in [0.15, 0.2) is 0 Å². The summed E-state index contributed by atoms with van der Waals surface area (Å²) in [5.74, 6) is -1.08. The van der Waals surface area contributed by atoms with Crippen LogP contribution in [0.2, 0.25) is 0 Å². The highest BCUT2D eigenvalue weighted by Crippen LogP contribution is 2.29. The average Bonchev–Trinajstić information content (AvgIpc) is 2.27. The predicted octanol–water partition coefficient (Wildman–Crippen LogP) is 1.21. The van der Waals surface area contributed by atoms with Crippen LogP contribution in [0.1, 0.15) is 20.1 Å². The molecule has 62 valence electrons. The molecule has 1 aromatic heterocycles. The quantitative estimate of drug-likeness (QED) is 0.683. The van der Waals surface area contributed by atoms with Crippen molar-refractivity contribution in [3.8, 4) is 6.07 Å². The Labute approximate surface area is 72.9 Å². The van der Waals surface area contributed by atoms with Crippen LogP contribution < -0.4 is 5.73 Å². The van der Waals surface area contributed by atoms with Crippen LogP contribution in [-0.2, 0) is 0 Å². The Bertz CT molecular complexity index is 375. The Morgan fingerprint density at radius 1 is 1.75 bits per heavy atom. The van der Waals surface area contributed by atoms with E-state index in [1.54, 1.807) is 6.92 Å². The fourth-order valence-electron chi connectivity index (χ4n) is 0.860. The van der Waals surface area contributed by atoms with E-state index in [9.17, 15) is 4.79 Å². The topological polar surface area (TPSA) is 87.1 Å². The van der Waals surface area contributed by atoms with Crippen LogP contribution in [0.3, 0.4) is 0 Å². The molecule has 3 N–H and O–H groups in total. The van der Waals surface area contributed by atoms with Crippen LogP contribution in [0.25, 0.3) is 0 Å². The zero-order chi connectivity index (χ0) is 9.30. The maximum atomic E-state index is 10.5. The van der Waals surface area contributed by atoms with Gasteiger partial charge in [-0.2, -0.15) is 5.26 Å². The highest BCUT2D eigenvalue weighted by atomic mass is 32.1. The molecule has 0 saturated carbocycles. The standard InChI is InChI=1S/C7H6N2O2S/c1-3-4(2-8)5(9)6(12-3)7(10)11/h9H2,1H3,(H,10,11). The van der Waals surface area contributed by atoms with E-state index >= 15 is 0 Å². The molecule has 0 unspecified atom stereocenters. The Hall–Kier alpha value is -1.54. The number of rotatable bonds is 1. The van der Waals surface area contributed by atoms with Gasteiger partial charge in [-0.15, -0.1) is 11.3 Å². The third kappa shape index (κ3) is 1.12. The number of anilines is 1. The van der Waals surface area contributed by atoms with Gasteiger partial charge in [0.2, 0.25) is 0 Å². The van der Waals surface area contributed by atoms with Gasteiger partial charge in [-0.05, 0) is 6.92 Å². The van der Waals surface area contributed by atoms with Crippen molar-refractivity contribution in [2.24, 2.45) is 0 Å². The molecule has 1 aromatic rings. The number of nitrogens with zero attached hydrogens (tertiary/aromatic N) is 1. The zero-order valence-electron chi connectivity index (χ0n) is 6.29. The summed E-state index contributed by atoms with van der Waals surface area (Å²) < 4.78 is 0. The fraction of sp³-hybridized carbons (Fsp3) is 0.143. The third-order valence-electron chi connectivity index (χ3n) is 1.43. The van der Waals surface area contributed by atoms with Crippen LogP contribution in [-0.4, -0.2) is 11.1 Å². The first-order valence-electron chi connectivity index (χ1n) is 3.10. The number of aryl methyl sites for hydroxylation is 1. The number of hydrogen-bond acceptors (Lipinski definition) is 4. The molecule has 0 bridgehead atoms. The maximum Gasteiger partial charge on any atom is 0.348 e. The summed E-state index contributed by atoms with van der Waals surface area (Å²) in [6, 6.07) is 1.86. The Kier molecular flexibility index (Phi) is 2.02. The number of thiophene rings is 1. The highest BCUT2D eigenvalue weighted by Gasteiger charge is 2.17. The molecule has 5 heteroatoms. The van der Waals surface area contributed by atoms with E-state index in [0.29, 0.717) is 4.88 Å². The molecule has 0 aliphatic rings. The van der Waals surface area contributed by atoms with Gasteiger partial charge in [0.15, 0.2) is 0 Å². The maximum absolute atomic E-state index is 10.5. The van der Waals surface area contributed by atoms with Gasteiger partial charge in [0.05, 0.1) is 11.3 Å². The molecule has 0 spiro atoms. The number of nitrogens with two attached hydrogens (primary N) is 1. The van der Waals surface area contributed by atoms with Crippen molar-refractivity contribution < 1.29 is 9.90 Å². The van der Waals surface area contributed by atoms with Crippen molar-refractivity contribution in [3.63, 3.8) is 0 Å². The van der Waals surface area contributed by atoms with E-state index in [4.69, 9.17) is 16.1 Å². The molecular weight excluding hydrogens is 176 g/mol. The molecule has 1 heterocycles. The van der Waals surface area contributed by atoms with E-state index in [2.05, 4.69) is 0 Å². The Morgan fingerprint density at radius 3 is 2.58 bits per heavy atom. The number of nitriles is 1.